The van der Waals surface area contributed by atoms with Crippen LogP contribution in [-0.4, -0.2) is 17.2 Å². The van der Waals surface area contributed by atoms with Crippen LogP contribution in [0.3, 0.4) is 0 Å². The lowest BCUT2D eigenvalue weighted by Gasteiger charge is -2.17. The second-order valence-corrected chi connectivity index (χ2v) is 4.66. The molecular weight excluding hydrogens is 242 g/mol. The lowest BCUT2D eigenvalue weighted by Crippen LogP contribution is -2.13. The smallest absolute Gasteiger partial charge is 0.339 e. The summed E-state index contributed by atoms with van der Waals surface area (Å²) in [6.45, 7) is 1.92. The number of nitrogen functional groups attached to an aromatic ring is 1. The SMILES string of the molecule is CC1CCCc2c(N)c(Cl)cc(C(=O)O)c2O1. The Hall–Kier alpha value is -1.42. The Morgan fingerprint density at radius 3 is 3.00 bits per heavy atom. The molecule has 0 saturated heterocycles. The summed E-state index contributed by atoms with van der Waals surface area (Å²) in [4.78, 5) is 11.2. The average Bonchev–Trinajstić information content (AvgIpc) is 2.45. The van der Waals surface area contributed by atoms with E-state index < -0.39 is 5.97 Å². The topological polar surface area (TPSA) is 72.6 Å². The van der Waals surface area contributed by atoms with Crippen molar-refractivity contribution in [3.05, 3.63) is 22.2 Å². The van der Waals surface area contributed by atoms with Gasteiger partial charge in [0.25, 0.3) is 0 Å². The predicted molar refractivity (Wildman–Crippen MR) is 65.9 cm³/mol. The number of aromatic carboxylic acids is 1. The van der Waals surface area contributed by atoms with E-state index in [0.29, 0.717) is 17.9 Å². The third-order valence-electron chi connectivity index (χ3n) is 2.96. The van der Waals surface area contributed by atoms with Crippen LogP contribution >= 0.6 is 11.6 Å². The van der Waals surface area contributed by atoms with Crippen molar-refractivity contribution in [2.45, 2.75) is 32.3 Å². The zero-order valence-corrected chi connectivity index (χ0v) is 10.3. The molecule has 1 aromatic carbocycles. The van der Waals surface area contributed by atoms with Crippen LogP contribution in [0, 0.1) is 0 Å². The number of hydrogen-bond acceptors (Lipinski definition) is 3. The van der Waals surface area contributed by atoms with Crippen molar-refractivity contribution in [2.75, 3.05) is 5.73 Å². The minimum absolute atomic E-state index is 0.00470. The van der Waals surface area contributed by atoms with Crippen LogP contribution in [0.2, 0.25) is 5.02 Å². The number of hydrogen-bond donors (Lipinski definition) is 2. The number of carbonyl (C=O) groups is 1. The molecule has 1 aliphatic rings. The minimum Gasteiger partial charge on any atom is -0.489 e. The molecule has 2 rings (SSSR count). The first-order valence-corrected chi connectivity index (χ1v) is 5.89. The molecular formula is C12H14ClNO3. The van der Waals surface area contributed by atoms with E-state index in [1.54, 1.807) is 0 Å². The van der Waals surface area contributed by atoms with Gasteiger partial charge in [-0.15, -0.1) is 0 Å². The molecule has 1 aliphatic heterocycles. The third kappa shape index (κ3) is 2.17. The van der Waals surface area contributed by atoms with Gasteiger partial charge in [0.05, 0.1) is 16.8 Å². The molecule has 1 heterocycles. The molecule has 0 saturated carbocycles. The van der Waals surface area contributed by atoms with Gasteiger partial charge in [0.2, 0.25) is 0 Å². The van der Waals surface area contributed by atoms with Crippen LogP contribution < -0.4 is 10.5 Å². The summed E-state index contributed by atoms with van der Waals surface area (Å²) in [6, 6.07) is 1.36. The predicted octanol–water partition coefficient (Wildman–Crippen LogP) is 2.72. The maximum Gasteiger partial charge on any atom is 0.339 e. The summed E-state index contributed by atoms with van der Waals surface area (Å²) in [7, 11) is 0. The molecule has 5 heteroatoms. The Morgan fingerprint density at radius 2 is 2.35 bits per heavy atom. The van der Waals surface area contributed by atoms with Gasteiger partial charge < -0.3 is 15.6 Å². The highest BCUT2D eigenvalue weighted by Crippen LogP contribution is 2.38. The van der Waals surface area contributed by atoms with E-state index in [0.717, 1.165) is 18.4 Å². The summed E-state index contributed by atoms with van der Waals surface area (Å²) < 4.78 is 5.67. The van der Waals surface area contributed by atoms with Crippen LogP contribution in [0.4, 0.5) is 5.69 Å². The Morgan fingerprint density at radius 1 is 1.65 bits per heavy atom. The van der Waals surface area contributed by atoms with Gasteiger partial charge in [0.1, 0.15) is 11.3 Å². The summed E-state index contributed by atoms with van der Waals surface area (Å²) >= 11 is 5.94. The van der Waals surface area contributed by atoms with Gasteiger partial charge in [0, 0.05) is 5.56 Å². The molecule has 17 heavy (non-hydrogen) atoms. The second-order valence-electron chi connectivity index (χ2n) is 4.25. The van der Waals surface area contributed by atoms with Crippen molar-refractivity contribution in [1.82, 2.24) is 0 Å². The van der Waals surface area contributed by atoms with Crippen LogP contribution in [0.5, 0.6) is 5.75 Å². The molecule has 4 nitrogen and oxygen atoms in total. The van der Waals surface area contributed by atoms with Crippen LogP contribution in [0.15, 0.2) is 6.07 Å². The van der Waals surface area contributed by atoms with E-state index in [4.69, 9.17) is 27.2 Å². The maximum atomic E-state index is 11.2. The fraction of sp³-hybridized carbons (Fsp3) is 0.417. The van der Waals surface area contributed by atoms with Gasteiger partial charge in [-0.25, -0.2) is 4.79 Å². The zero-order valence-electron chi connectivity index (χ0n) is 9.50. The summed E-state index contributed by atoms with van der Waals surface area (Å²) in [6.07, 6.45) is 2.49. The highest BCUT2D eigenvalue weighted by molar-refractivity contribution is 6.33. The monoisotopic (exact) mass is 255 g/mol. The third-order valence-corrected chi connectivity index (χ3v) is 3.27. The van der Waals surface area contributed by atoms with Crippen molar-refractivity contribution < 1.29 is 14.6 Å². The summed E-state index contributed by atoms with van der Waals surface area (Å²) in [5.74, 6) is -0.665. The number of ether oxygens (including phenoxy) is 1. The molecule has 3 N–H and O–H groups in total. The Balaban J connectivity index is 2.64. The normalized spacial score (nSPS) is 19.1. The van der Waals surface area contributed by atoms with Gasteiger partial charge in [-0.05, 0) is 32.3 Å². The molecule has 1 atom stereocenters. The molecule has 0 bridgehead atoms. The molecule has 0 fully saturated rings. The number of fused-ring (bicyclic) bond motifs is 1. The van der Waals surface area contributed by atoms with Crippen LogP contribution in [0.25, 0.3) is 0 Å². The second kappa shape index (κ2) is 4.45. The van der Waals surface area contributed by atoms with Crippen molar-refractivity contribution in [1.29, 1.82) is 0 Å². The minimum atomic E-state index is -1.04. The molecule has 1 aromatic rings. The van der Waals surface area contributed by atoms with Gasteiger partial charge >= 0.3 is 5.97 Å². The zero-order chi connectivity index (χ0) is 12.6. The van der Waals surface area contributed by atoms with Crippen LogP contribution in [-0.2, 0) is 6.42 Å². The Kier molecular flexibility index (Phi) is 3.15. The van der Waals surface area contributed by atoms with E-state index >= 15 is 0 Å². The fourth-order valence-corrected chi connectivity index (χ4v) is 2.29. The summed E-state index contributed by atoms with van der Waals surface area (Å²) in [5.41, 5.74) is 7.13. The number of carboxylic acid groups (broad SMARTS) is 1. The fourth-order valence-electron chi connectivity index (χ4n) is 2.07. The number of halogens is 1. The first-order valence-electron chi connectivity index (χ1n) is 5.51. The number of anilines is 1. The number of benzene rings is 1. The van der Waals surface area contributed by atoms with Gasteiger partial charge in [-0.2, -0.15) is 0 Å². The molecule has 0 spiro atoms. The van der Waals surface area contributed by atoms with Gasteiger partial charge in [0.15, 0.2) is 0 Å². The van der Waals surface area contributed by atoms with E-state index in [9.17, 15) is 4.79 Å². The average molecular weight is 256 g/mol. The molecule has 0 aliphatic carbocycles. The Bertz CT molecular complexity index is 473. The maximum absolute atomic E-state index is 11.2. The van der Waals surface area contributed by atoms with E-state index in [1.807, 2.05) is 6.92 Å². The van der Waals surface area contributed by atoms with Crippen molar-refractivity contribution >= 4 is 23.3 Å². The number of nitrogens with two attached hydrogens (primary N) is 1. The quantitative estimate of drug-likeness (QED) is 0.757. The number of rotatable bonds is 1. The Labute approximate surface area is 104 Å². The molecule has 0 aromatic heterocycles. The molecule has 1 unspecified atom stereocenters. The highest BCUT2D eigenvalue weighted by Gasteiger charge is 2.24. The first-order chi connectivity index (χ1) is 8.00. The lowest BCUT2D eigenvalue weighted by molar-refractivity contribution is 0.0690. The standard InChI is InChI=1S/C12H14ClNO3/c1-6-3-2-4-7-10(14)9(13)5-8(12(15)16)11(7)17-6/h5-6H,2-4,14H2,1H3,(H,15,16). The van der Waals surface area contributed by atoms with E-state index in [2.05, 4.69) is 0 Å². The van der Waals surface area contributed by atoms with E-state index in [-0.39, 0.29) is 16.7 Å². The van der Waals surface area contributed by atoms with Crippen LogP contribution in [0.1, 0.15) is 35.7 Å². The molecule has 0 radical (unpaired) electrons. The largest absolute Gasteiger partial charge is 0.489 e. The molecule has 92 valence electrons. The van der Waals surface area contributed by atoms with E-state index in [1.165, 1.54) is 6.07 Å². The van der Waals surface area contributed by atoms with Crippen molar-refractivity contribution in [3.63, 3.8) is 0 Å². The highest BCUT2D eigenvalue weighted by atomic mass is 35.5. The lowest BCUT2D eigenvalue weighted by atomic mass is 10.0. The van der Waals surface area contributed by atoms with Crippen molar-refractivity contribution in [2.24, 2.45) is 0 Å². The molecule has 0 amide bonds. The van der Waals surface area contributed by atoms with Gasteiger partial charge in [-0.1, -0.05) is 11.6 Å². The van der Waals surface area contributed by atoms with Crippen molar-refractivity contribution in [3.8, 4) is 5.75 Å². The first kappa shape index (κ1) is 12.0. The summed E-state index contributed by atoms with van der Waals surface area (Å²) in [5, 5.41) is 9.43. The number of carboxylic acids is 1. The van der Waals surface area contributed by atoms with Gasteiger partial charge in [-0.3, -0.25) is 0 Å².